The van der Waals surface area contributed by atoms with E-state index in [2.05, 4.69) is 15.7 Å². The lowest BCUT2D eigenvalue weighted by Crippen LogP contribution is -2.24. The van der Waals surface area contributed by atoms with E-state index in [1.54, 1.807) is 35.0 Å². The summed E-state index contributed by atoms with van der Waals surface area (Å²) in [5.74, 6) is 1.24. The van der Waals surface area contributed by atoms with Gasteiger partial charge in [0.25, 0.3) is 5.91 Å². The number of hydrogen-bond acceptors (Lipinski definition) is 5. The Kier molecular flexibility index (Phi) is 4.78. The Morgan fingerprint density at radius 2 is 1.94 bits per heavy atom. The van der Waals surface area contributed by atoms with E-state index >= 15 is 0 Å². The number of aromatic nitrogens is 2. The molecule has 2 aliphatic heterocycles. The summed E-state index contributed by atoms with van der Waals surface area (Å²) >= 11 is 5.99. The molecule has 1 atom stereocenters. The van der Waals surface area contributed by atoms with Crippen LogP contribution in [0.5, 0.6) is 11.5 Å². The Labute approximate surface area is 183 Å². The first kappa shape index (κ1) is 19.4. The fourth-order valence-electron chi connectivity index (χ4n) is 3.85. The van der Waals surface area contributed by atoms with E-state index in [1.807, 2.05) is 19.1 Å². The summed E-state index contributed by atoms with van der Waals surface area (Å²) in [7, 11) is 0. The number of nitrogens with one attached hydrogen (secondary N) is 2. The Morgan fingerprint density at radius 1 is 1.19 bits per heavy atom. The van der Waals surface area contributed by atoms with Crippen LogP contribution in [0, 0.1) is 6.92 Å². The minimum atomic E-state index is -0.730. The van der Waals surface area contributed by atoms with Crippen LogP contribution >= 0.6 is 11.6 Å². The summed E-state index contributed by atoms with van der Waals surface area (Å²) in [6.07, 6.45) is -0.0472. The summed E-state index contributed by atoms with van der Waals surface area (Å²) in [6.45, 7) is 2.83. The number of halogens is 1. The second kappa shape index (κ2) is 7.63. The highest BCUT2D eigenvalue weighted by Gasteiger charge is 2.36. The van der Waals surface area contributed by atoms with Crippen LogP contribution in [0.4, 0.5) is 11.5 Å². The first-order chi connectivity index (χ1) is 15.0. The Morgan fingerprint density at radius 3 is 2.71 bits per heavy atom. The summed E-state index contributed by atoms with van der Waals surface area (Å²) in [5, 5.41) is 10.8. The van der Waals surface area contributed by atoms with Crippen LogP contribution in [0.25, 0.3) is 11.1 Å². The third kappa shape index (κ3) is 3.59. The topological polar surface area (TPSA) is 94.5 Å². The second-order valence-electron chi connectivity index (χ2n) is 7.38. The van der Waals surface area contributed by atoms with E-state index in [-0.39, 0.29) is 18.2 Å². The van der Waals surface area contributed by atoms with Gasteiger partial charge in [-0.15, -0.1) is 0 Å². The third-order valence-electron chi connectivity index (χ3n) is 5.26. The highest BCUT2D eigenvalue weighted by molar-refractivity contribution is 6.30. The lowest BCUT2D eigenvalue weighted by Gasteiger charge is -2.19. The SMILES string of the molecule is Cc1nn2c(c1-c1ccc(Cl)cc1)NC(=O)C2CC(=O)Nc1ccc2c(c1)OCCO2. The number of rotatable bonds is 4. The average molecular weight is 439 g/mol. The van der Waals surface area contributed by atoms with Crippen LogP contribution in [-0.2, 0) is 9.59 Å². The molecule has 2 aromatic carbocycles. The second-order valence-corrected chi connectivity index (χ2v) is 7.81. The molecule has 2 N–H and O–H groups in total. The van der Waals surface area contributed by atoms with Crippen molar-refractivity contribution in [1.82, 2.24) is 9.78 Å². The number of ether oxygens (including phenoxy) is 2. The van der Waals surface area contributed by atoms with Crippen LogP contribution in [0.2, 0.25) is 5.02 Å². The smallest absolute Gasteiger partial charge is 0.251 e. The predicted octanol–water partition coefficient (Wildman–Crippen LogP) is 3.81. The van der Waals surface area contributed by atoms with Gasteiger partial charge in [-0.1, -0.05) is 23.7 Å². The van der Waals surface area contributed by atoms with Crippen molar-refractivity contribution in [2.24, 2.45) is 0 Å². The fourth-order valence-corrected chi connectivity index (χ4v) is 3.98. The van der Waals surface area contributed by atoms with E-state index in [4.69, 9.17) is 21.1 Å². The highest BCUT2D eigenvalue weighted by Crippen LogP contribution is 2.39. The Bertz CT molecular complexity index is 1190. The number of hydrogen-bond donors (Lipinski definition) is 2. The maximum atomic E-state index is 12.7. The van der Waals surface area contributed by atoms with Crippen LogP contribution in [0.3, 0.4) is 0 Å². The molecule has 0 radical (unpaired) electrons. The maximum absolute atomic E-state index is 12.7. The number of carbonyl (C=O) groups excluding carboxylic acids is 2. The normalized spacial score (nSPS) is 16.6. The largest absolute Gasteiger partial charge is 0.486 e. The molecular formula is C22H19ClN4O4. The zero-order valence-corrected chi connectivity index (χ0v) is 17.4. The van der Waals surface area contributed by atoms with Crippen molar-refractivity contribution in [2.75, 3.05) is 23.8 Å². The van der Waals surface area contributed by atoms with Crippen molar-refractivity contribution >= 4 is 34.9 Å². The molecular weight excluding hydrogens is 420 g/mol. The lowest BCUT2D eigenvalue weighted by molar-refractivity contribution is -0.123. The zero-order chi connectivity index (χ0) is 21.5. The Hall–Kier alpha value is -3.52. The third-order valence-corrected chi connectivity index (χ3v) is 5.51. The van der Waals surface area contributed by atoms with Crippen LogP contribution < -0.4 is 20.1 Å². The summed E-state index contributed by atoms with van der Waals surface area (Å²) < 4.78 is 12.6. The molecule has 0 fully saturated rings. The van der Waals surface area contributed by atoms with E-state index in [0.717, 1.165) is 16.8 Å². The molecule has 31 heavy (non-hydrogen) atoms. The van der Waals surface area contributed by atoms with E-state index in [1.165, 1.54) is 0 Å². The first-order valence-electron chi connectivity index (χ1n) is 9.85. The van der Waals surface area contributed by atoms with E-state index < -0.39 is 6.04 Å². The van der Waals surface area contributed by atoms with E-state index in [0.29, 0.717) is 41.2 Å². The van der Waals surface area contributed by atoms with Gasteiger partial charge in [-0.2, -0.15) is 5.10 Å². The van der Waals surface area contributed by atoms with Gasteiger partial charge < -0.3 is 20.1 Å². The zero-order valence-electron chi connectivity index (χ0n) is 16.6. The van der Waals surface area contributed by atoms with Gasteiger partial charge in [0.2, 0.25) is 5.91 Å². The molecule has 2 aliphatic rings. The lowest BCUT2D eigenvalue weighted by atomic mass is 10.1. The van der Waals surface area contributed by atoms with Crippen molar-refractivity contribution in [3.63, 3.8) is 0 Å². The minimum absolute atomic E-state index is 0.0472. The molecule has 0 saturated carbocycles. The van der Waals surface area contributed by atoms with Crippen molar-refractivity contribution in [2.45, 2.75) is 19.4 Å². The molecule has 0 bridgehead atoms. The van der Waals surface area contributed by atoms with Crippen LogP contribution in [0.15, 0.2) is 42.5 Å². The van der Waals surface area contributed by atoms with Crippen molar-refractivity contribution < 1.29 is 19.1 Å². The number of fused-ring (bicyclic) bond motifs is 2. The van der Waals surface area contributed by atoms with Gasteiger partial charge in [0, 0.05) is 22.3 Å². The number of nitrogens with zero attached hydrogens (tertiary/aromatic N) is 2. The number of carbonyl (C=O) groups is 2. The average Bonchev–Trinajstić information content (AvgIpc) is 3.22. The van der Waals surface area contributed by atoms with Crippen LogP contribution in [-0.4, -0.2) is 34.8 Å². The van der Waals surface area contributed by atoms with Gasteiger partial charge >= 0.3 is 0 Å². The monoisotopic (exact) mass is 438 g/mol. The minimum Gasteiger partial charge on any atom is -0.486 e. The molecule has 158 valence electrons. The molecule has 0 saturated heterocycles. The number of anilines is 2. The fraction of sp³-hybridized carbons (Fsp3) is 0.227. The Balaban J connectivity index is 1.35. The van der Waals surface area contributed by atoms with Gasteiger partial charge in [-0.25, -0.2) is 4.68 Å². The highest BCUT2D eigenvalue weighted by atomic mass is 35.5. The molecule has 1 aromatic heterocycles. The van der Waals surface area contributed by atoms with Crippen molar-refractivity contribution in [1.29, 1.82) is 0 Å². The molecule has 0 spiro atoms. The molecule has 5 rings (SSSR count). The van der Waals surface area contributed by atoms with Gasteiger partial charge in [0.1, 0.15) is 25.1 Å². The standard InChI is InChI=1S/C22H19ClN4O4/c1-12-20(13-2-4-14(23)5-3-13)21-25-22(29)16(27(21)26-12)11-19(28)24-15-6-7-17-18(10-15)31-9-8-30-17/h2-7,10,16H,8-9,11H2,1H3,(H,24,28)(H,25,29). The van der Waals surface area contributed by atoms with Crippen molar-refractivity contribution in [3.05, 3.63) is 53.2 Å². The van der Waals surface area contributed by atoms with Crippen molar-refractivity contribution in [3.8, 4) is 22.6 Å². The van der Waals surface area contributed by atoms with Gasteiger partial charge in [-0.05, 0) is 36.8 Å². The molecule has 2 amide bonds. The summed E-state index contributed by atoms with van der Waals surface area (Å²) in [4.78, 5) is 25.3. The quantitative estimate of drug-likeness (QED) is 0.646. The molecule has 0 aliphatic carbocycles. The molecule has 3 aromatic rings. The number of aryl methyl sites for hydroxylation is 1. The molecule has 9 heteroatoms. The van der Waals surface area contributed by atoms with Crippen LogP contribution in [0.1, 0.15) is 18.2 Å². The molecule has 3 heterocycles. The van der Waals surface area contributed by atoms with Gasteiger partial charge in [-0.3, -0.25) is 9.59 Å². The maximum Gasteiger partial charge on any atom is 0.251 e. The number of benzene rings is 2. The van der Waals surface area contributed by atoms with Gasteiger partial charge in [0.05, 0.1) is 12.1 Å². The van der Waals surface area contributed by atoms with E-state index in [9.17, 15) is 9.59 Å². The first-order valence-corrected chi connectivity index (χ1v) is 10.2. The predicted molar refractivity (Wildman–Crippen MR) is 116 cm³/mol. The summed E-state index contributed by atoms with van der Waals surface area (Å²) in [5.41, 5.74) is 3.05. The molecule has 8 nitrogen and oxygen atoms in total. The van der Waals surface area contributed by atoms with Gasteiger partial charge in [0.15, 0.2) is 11.5 Å². The summed E-state index contributed by atoms with van der Waals surface area (Å²) in [6, 6.07) is 11.8. The molecule has 1 unspecified atom stereocenters. The number of amides is 2.